The highest BCUT2D eigenvalue weighted by molar-refractivity contribution is 5.93. The molecule has 0 amide bonds. The van der Waals surface area contributed by atoms with Crippen LogP contribution in [0.1, 0.15) is 70.4 Å². The lowest BCUT2D eigenvalue weighted by Gasteiger charge is -2.07. The number of benzene rings is 1. The van der Waals surface area contributed by atoms with Gasteiger partial charge in [-0.05, 0) is 42.8 Å². The average Bonchev–Trinajstić information content (AvgIpc) is 2.76. The minimum absolute atomic E-state index is 0.00902. The SMILES string of the molecule is CCCCCCCOC(=O)c1ccc(OC(=O)c2cccc(C(=O)OC)n2)cc1. The Morgan fingerprint density at radius 2 is 1.48 bits per heavy atom. The molecule has 0 saturated heterocycles. The molecule has 2 aromatic rings. The van der Waals surface area contributed by atoms with Crippen molar-refractivity contribution >= 4 is 17.9 Å². The normalized spacial score (nSPS) is 10.3. The minimum atomic E-state index is -0.724. The number of carbonyl (C=O) groups is 3. The molecule has 0 radical (unpaired) electrons. The van der Waals surface area contributed by atoms with E-state index in [9.17, 15) is 14.4 Å². The average molecular weight is 399 g/mol. The molecule has 154 valence electrons. The Hall–Kier alpha value is -3.22. The fraction of sp³-hybridized carbons (Fsp3) is 0.364. The molecule has 0 aliphatic carbocycles. The summed E-state index contributed by atoms with van der Waals surface area (Å²) in [6.45, 7) is 2.54. The lowest BCUT2D eigenvalue weighted by atomic mass is 10.2. The van der Waals surface area contributed by atoms with E-state index in [1.165, 1.54) is 62.4 Å². The summed E-state index contributed by atoms with van der Waals surface area (Å²) in [5.41, 5.74) is 0.360. The van der Waals surface area contributed by atoms with Gasteiger partial charge in [-0.1, -0.05) is 38.7 Å². The molecule has 0 spiro atoms. The Bertz CT molecular complexity index is 831. The summed E-state index contributed by atoms with van der Waals surface area (Å²) in [6.07, 6.45) is 5.39. The van der Waals surface area contributed by atoms with Crippen LogP contribution in [0.2, 0.25) is 0 Å². The molecule has 0 saturated carbocycles. The molecule has 29 heavy (non-hydrogen) atoms. The molecule has 7 nitrogen and oxygen atoms in total. The molecule has 0 N–H and O–H groups in total. The van der Waals surface area contributed by atoms with Crippen molar-refractivity contribution in [2.75, 3.05) is 13.7 Å². The number of pyridine rings is 1. The van der Waals surface area contributed by atoms with Gasteiger partial charge in [0.2, 0.25) is 0 Å². The fourth-order valence-electron chi connectivity index (χ4n) is 2.54. The van der Waals surface area contributed by atoms with E-state index in [-0.39, 0.29) is 17.1 Å². The van der Waals surface area contributed by atoms with Gasteiger partial charge in [0.05, 0.1) is 19.3 Å². The van der Waals surface area contributed by atoms with Crippen LogP contribution in [0.5, 0.6) is 5.75 Å². The molecule has 0 atom stereocenters. The number of aromatic nitrogens is 1. The van der Waals surface area contributed by atoms with E-state index in [1.54, 1.807) is 0 Å². The first-order chi connectivity index (χ1) is 14.0. The molecule has 2 rings (SSSR count). The van der Waals surface area contributed by atoms with Crippen LogP contribution in [0.25, 0.3) is 0 Å². The molecule has 0 unspecified atom stereocenters. The van der Waals surface area contributed by atoms with E-state index >= 15 is 0 Å². The quantitative estimate of drug-likeness (QED) is 0.336. The lowest BCUT2D eigenvalue weighted by molar-refractivity contribution is 0.0497. The first-order valence-electron chi connectivity index (χ1n) is 9.60. The van der Waals surface area contributed by atoms with Crippen LogP contribution in [0.15, 0.2) is 42.5 Å². The highest BCUT2D eigenvalue weighted by Crippen LogP contribution is 2.15. The monoisotopic (exact) mass is 399 g/mol. The van der Waals surface area contributed by atoms with Crippen LogP contribution in [0.3, 0.4) is 0 Å². The third-order valence-electron chi connectivity index (χ3n) is 4.13. The topological polar surface area (TPSA) is 91.8 Å². The standard InChI is InChI=1S/C22H25NO6/c1-3-4-5-6-7-15-28-20(24)16-11-13-17(14-12-16)29-22(26)19-10-8-9-18(23-19)21(25)27-2/h8-14H,3-7,15H2,1-2H3. The van der Waals surface area contributed by atoms with Gasteiger partial charge in [0.1, 0.15) is 17.1 Å². The van der Waals surface area contributed by atoms with E-state index in [2.05, 4.69) is 16.6 Å². The van der Waals surface area contributed by atoms with Gasteiger partial charge in [-0.2, -0.15) is 0 Å². The summed E-state index contributed by atoms with van der Waals surface area (Å²) in [5, 5.41) is 0. The zero-order chi connectivity index (χ0) is 21.1. The third kappa shape index (κ3) is 7.03. The molecule has 1 aromatic carbocycles. The van der Waals surface area contributed by atoms with Crippen LogP contribution in [-0.4, -0.2) is 36.6 Å². The molecule has 1 aromatic heterocycles. The lowest BCUT2D eigenvalue weighted by Crippen LogP contribution is -2.14. The third-order valence-corrected chi connectivity index (χ3v) is 4.13. The molecule has 7 heteroatoms. The largest absolute Gasteiger partial charge is 0.464 e. The van der Waals surface area contributed by atoms with E-state index in [0.29, 0.717) is 12.2 Å². The number of hydrogen-bond acceptors (Lipinski definition) is 7. The van der Waals surface area contributed by atoms with E-state index in [4.69, 9.17) is 9.47 Å². The molecule has 1 heterocycles. The maximum absolute atomic E-state index is 12.2. The van der Waals surface area contributed by atoms with Crippen LogP contribution in [0.4, 0.5) is 0 Å². The van der Waals surface area contributed by atoms with Crippen LogP contribution >= 0.6 is 0 Å². The smallest absolute Gasteiger partial charge is 0.362 e. The van der Waals surface area contributed by atoms with Gasteiger partial charge in [0.25, 0.3) is 0 Å². The van der Waals surface area contributed by atoms with Crippen molar-refractivity contribution in [3.8, 4) is 5.75 Å². The van der Waals surface area contributed by atoms with Crippen molar-refractivity contribution in [1.82, 2.24) is 4.98 Å². The van der Waals surface area contributed by atoms with Crippen LogP contribution < -0.4 is 4.74 Å². The number of hydrogen-bond donors (Lipinski definition) is 0. The van der Waals surface area contributed by atoms with Gasteiger partial charge in [0.15, 0.2) is 0 Å². The number of carbonyl (C=O) groups excluding carboxylic acids is 3. The van der Waals surface area contributed by atoms with Gasteiger partial charge in [-0.3, -0.25) is 0 Å². The summed E-state index contributed by atoms with van der Waals surface area (Å²) < 4.78 is 15.1. The summed E-state index contributed by atoms with van der Waals surface area (Å²) in [7, 11) is 1.23. The maximum atomic E-state index is 12.2. The predicted molar refractivity (Wildman–Crippen MR) is 106 cm³/mol. The van der Waals surface area contributed by atoms with Crippen molar-refractivity contribution in [3.05, 3.63) is 59.4 Å². The molecular formula is C22H25NO6. The highest BCUT2D eigenvalue weighted by atomic mass is 16.5. The Morgan fingerprint density at radius 1 is 0.828 bits per heavy atom. The van der Waals surface area contributed by atoms with Crippen molar-refractivity contribution in [3.63, 3.8) is 0 Å². The van der Waals surface area contributed by atoms with Crippen molar-refractivity contribution in [1.29, 1.82) is 0 Å². The summed E-state index contributed by atoms with van der Waals surface area (Å²) in [6, 6.07) is 10.4. The van der Waals surface area contributed by atoms with E-state index < -0.39 is 17.9 Å². The zero-order valence-electron chi connectivity index (χ0n) is 16.7. The Balaban J connectivity index is 1.87. The Morgan fingerprint density at radius 3 is 2.14 bits per heavy atom. The van der Waals surface area contributed by atoms with Crippen molar-refractivity contribution < 1.29 is 28.6 Å². The van der Waals surface area contributed by atoms with E-state index in [1.807, 2.05) is 0 Å². The summed E-state index contributed by atoms with van der Waals surface area (Å²) >= 11 is 0. The number of methoxy groups -OCH3 is 1. The first kappa shape index (κ1) is 22.1. The van der Waals surface area contributed by atoms with Gasteiger partial charge in [-0.15, -0.1) is 0 Å². The second-order valence-corrected chi connectivity index (χ2v) is 6.36. The number of unbranched alkanes of at least 4 members (excludes halogenated alkanes) is 4. The van der Waals surface area contributed by atoms with Crippen LogP contribution in [0, 0.1) is 0 Å². The molecule has 0 aliphatic heterocycles. The summed E-state index contributed by atoms with van der Waals surface area (Å²) in [5.74, 6) is -1.53. The first-order valence-corrected chi connectivity index (χ1v) is 9.60. The van der Waals surface area contributed by atoms with Gasteiger partial charge < -0.3 is 14.2 Å². The van der Waals surface area contributed by atoms with Gasteiger partial charge >= 0.3 is 17.9 Å². The second kappa shape index (κ2) is 11.6. The van der Waals surface area contributed by atoms with Gasteiger partial charge in [0, 0.05) is 0 Å². The summed E-state index contributed by atoms with van der Waals surface area (Å²) in [4.78, 5) is 39.7. The molecule has 0 aliphatic rings. The van der Waals surface area contributed by atoms with Crippen molar-refractivity contribution in [2.45, 2.75) is 39.0 Å². The van der Waals surface area contributed by atoms with E-state index in [0.717, 1.165) is 19.3 Å². The number of rotatable bonds is 10. The maximum Gasteiger partial charge on any atom is 0.362 e. The number of ether oxygens (including phenoxy) is 3. The fourth-order valence-corrected chi connectivity index (χ4v) is 2.54. The molecule has 0 bridgehead atoms. The zero-order valence-corrected chi connectivity index (χ0v) is 16.7. The minimum Gasteiger partial charge on any atom is -0.464 e. The molecular weight excluding hydrogens is 374 g/mol. The Labute approximate surface area is 170 Å². The second-order valence-electron chi connectivity index (χ2n) is 6.36. The predicted octanol–water partition coefficient (Wildman–Crippen LogP) is 4.21. The van der Waals surface area contributed by atoms with Crippen molar-refractivity contribution in [2.24, 2.45) is 0 Å². The number of esters is 3. The van der Waals surface area contributed by atoms with Gasteiger partial charge in [-0.25, -0.2) is 19.4 Å². The molecule has 0 fully saturated rings. The highest BCUT2D eigenvalue weighted by Gasteiger charge is 2.15. The van der Waals surface area contributed by atoms with Crippen LogP contribution in [-0.2, 0) is 9.47 Å². The number of nitrogens with zero attached hydrogens (tertiary/aromatic N) is 1. The Kier molecular flexibility index (Phi) is 8.82.